The van der Waals surface area contributed by atoms with Crippen LogP contribution in [0, 0.1) is 6.92 Å². The van der Waals surface area contributed by atoms with E-state index in [1.54, 1.807) is 11.1 Å². The predicted molar refractivity (Wildman–Crippen MR) is 68.1 cm³/mol. The molecule has 3 nitrogen and oxygen atoms in total. The second-order valence-corrected chi connectivity index (χ2v) is 5.16. The van der Waals surface area contributed by atoms with E-state index < -0.39 is 5.92 Å². The fourth-order valence-electron chi connectivity index (χ4n) is 2.25. The van der Waals surface area contributed by atoms with Crippen LogP contribution in [0.1, 0.15) is 18.9 Å². The zero-order chi connectivity index (χ0) is 13.2. The molecule has 0 aliphatic carbocycles. The predicted octanol–water partition coefficient (Wildman–Crippen LogP) is 2.53. The molecule has 18 heavy (non-hydrogen) atoms. The summed E-state index contributed by atoms with van der Waals surface area (Å²) in [6.45, 7) is 4.16. The molecule has 1 aromatic heterocycles. The standard InChI is InChI=1S/C13H19F2N3/c1-10-3-4-12(16-7-10)17-11-5-6-18(8-11)9-13(2,14)15/h3-4,7,11H,5-6,8-9H2,1-2H3,(H,16,17). The van der Waals surface area contributed by atoms with Gasteiger partial charge in [-0.1, -0.05) is 6.07 Å². The summed E-state index contributed by atoms with van der Waals surface area (Å²) in [7, 11) is 0. The third-order valence-electron chi connectivity index (χ3n) is 3.04. The fraction of sp³-hybridized carbons (Fsp3) is 0.615. The van der Waals surface area contributed by atoms with Gasteiger partial charge >= 0.3 is 0 Å². The average Bonchev–Trinajstić information content (AvgIpc) is 2.66. The minimum absolute atomic E-state index is 0.160. The topological polar surface area (TPSA) is 28.2 Å². The number of halogens is 2. The highest BCUT2D eigenvalue weighted by molar-refractivity contribution is 5.36. The summed E-state index contributed by atoms with van der Waals surface area (Å²) in [5.41, 5.74) is 1.11. The van der Waals surface area contributed by atoms with Crippen molar-refractivity contribution in [2.45, 2.75) is 32.2 Å². The molecule has 0 saturated carbocycles. The van der Waals surface area contributed by atoms with E-state index in [1.165, 1.54) is 0 Å². The molecule has 1 aliphatic heterocycles. The van der Waals surface area contributed by atoms with Gasteiger partial charge in [-0.15, -0.1) is 0 Å². The zero-order valence-corrected chi connectivity index (χ0v) is 10.8. The molecular weight excluding hydrogens is 236 g/mol. The Hall–Kier alpha value is -1.23. The van der Waals surface area contributed by atoms with Gasteiger partial charge in [-0.25, -0.2) is 13.8 Å². The Bertz CT molecular complexity index is 386. The maximum atomic E-state index is 12.9. The number of likely N-dealkylation sites (tertiary alicyclic amines) is 1. The molecule has 100 valence electrons. The van der Waals surface area contributed by atoms with E-state index in [0.29, 0.717) is 13.1 Å². The van der Waals surface area contributed by atoms with Crippen LogP contribution in [0.25, 0.3) is 0 Å². The lowest BCUT2D eigenvalue weighted by molar-refractivity contribution is -0.00868. The van der Waals surface area contributed by atoms with Gasteiger partial charge in [0, 0.05) is 32.3 Å². The lowest BCUT2D eigenvalue weighted by Gasteiger charge is -2.20. The Morgan fingerprint density at radius 1 is 1.50 bits per heavy atom. The molecule has 1 atom stereocenters. The SMILES string of the molecule is Cc1ccc(NC2CCN(CC(C)(F)F)C2)nc1. The van der Waals surface area contributed by atoms with Crippen molar-refractivity contribution in [3.63, 3.8) is 0 Å². The Kier molecular flexibility index (Phi) is 3.80. The van der Waals surface area contributed by atoms with Crippen LogP contribution in [-0.2, 0) is 0 Å². The molecule has 0 amide bonds. The monoisotopic (exact) mass is 255 g/mol. The maximum absolute atomic E-state index is 12.9. The highest BCUT2D eigenvalue weighted by Crippen LogP contribution is 2.19. The first kappa shape index (κ1) is 13.2. The summed E-state index contributed by atoms with van der Waals surface area (Å²) in [5.74, 6) is -1.80. The normalized spacial score (nSPS) is 21.2. The van der Waals surface area contributed by atoms with Gasteiger partial charge in [0.15, 0.2) is 0 Å². The van der Waals surface area contributed by atoms with Crippen LogP contribution in [0.2, 0.25) is 0 Å². The summed E-state index contributed by atoms with van der Waals surface area (Å²) in [6.07, 6.45) is 2.68. The third kappa shape index (κ3) is 3.91. The molecule has 1 unspecified atom stereocenters. The molecule has 0 aromatic carbocycles. The van der Waals surface area contributed by atoms with Crippen molar-refractivity contribution in [2.75, 3.05) is 25.0 Å². The van der Waals surface area contributed by atoms with Gasteiger partial charge in [0.05, 0.1) is 6.54 Å². The van der Waals surface area contributed by atoms with Gasteiger partial charge < -0.3 is 5.32 Å². The molecule has 1 fully saturated rings. The summed E-state index contributed by atoms with van der Waals surface area (Å²) >= 11 is 0. The first-order valence-electron chi connectivity index (χ1n) is 6.22. The number of hydrogen-bond acceptors (Lipinski definition) is 3. The van der Waals surface area contributed by atoms with E-state index in [0.717, 1.165) is 24.7 Å². The molecule has 0 spiro atoms. The van der Waals surface area contributed by atoms with Crippen LogP contribution in [0.5, 0.6) is 0 Å². The number of alkyl halides is 2. The van der Waals surface area contributed by atoms with Gasteiger partial charge in [0.2, 0.25) is 0 Å². The first-order chi connectivity index (χ1) is 8.42. The maximum Gasteiger partial charge on any atom is 0.257 e. The van der Waals surface area contributed by atoms with E-state index in [-0.39, 0.29) is 12.6 Å². The second-order valence-electron chi connectivity index (χ2n) is 5.16. The molecule has 0 bridgehead atoms. The summed E-state index contributed by atoms with van der Waals surface area (Å²) < 4.78 is 25.8. The molecule has 1 aromatic rings. The van der Waals surface area contributed by atoms with Gasteiger partial charge in [0.25, 0.3) is 5.92 Å². The number of aromatic nitrogens is 1. The average molecular weight is 255 g/mol. The molecular formula is C13H19F2N3. The molecule has 2 heterocycles. The number of rotatable bonds is 4. The first-order valence-corrected chi connectivity index (χ1v) is 6.22. The highest BCUT2D eigenvalue weighted by atomic mass is 19.3. The lowest BCUT2D eigenvalue weighted by atomic mass is 10.2. The highest BCUT2D eigenvalue weighted by Gasteiger charge is 2.30. The largest absolute Gasteiger partial charge is 0.366 e. The minimum atomic E-state index is -2.61. The van der Waals surface area contributed by atoms with Crippen LogP contribution in [0.4, 0.5) is 14.6 Å². The zero-order valence-electron chi connectivity index (χ0n) is 10.8. The third-order valence-corrected chi connectivity index (χ3v) is 3.04. The summed E-state index contributed by atoms with van der Waals surface area (Å²) in [6, 6.07) is 4.12. The van der Waals surface area contributed by atoms with E-state index in [9.17, 15) is 8.78 Å². The Morgan fingerprint density at radius 2 is 2.28 bits per heavy atom. The van der Waals surface area contributed by atoms with Crippen molar-refractivity contribution >= 4 is 5.82 Å². The van der Waals surface area contributed by atoms with Crippen LogP contribution < -0.4 is 5.32 Å². The second kappa shape index (κ2) is 5.18. The molecule has 2 rings (SSSR count). The van der Waals surface area contributed by atoms with E-state index in [2.05, 4.69) is 10.3 Å². The number of hydrogen-bond donors (Lipinski definition) is 1. The van der Waals surface area contributed by atoms with Crippen LogP contribution in [0.15, 0.2) is 18.3 Å². The van der Waals surface area contributed by atoms with Crippen molar-refractivity contribution in [1.82, 2.24) is 9.88 Å². The van der Waals surface area contributed by atoms with Gasteiger partial charge in [-0.3, -0.25) is 4.90 Å². The fourth-order valence-corrected chi connectivity index (χ4v) is 2.25. The van der Waals surface area contributed by atoms with Crippen LogP contribution in [-0.4, -0.2) is 41.5 Å². The molecule has 5 heteroatoms. The summed E-state index contributed by atoms with van der Waals surface area (Å²) in [4.78, 5) is 6.06. The van der Waals surface area contributed by atoms with Crippen molar-refractivity contribution in [1.29, 1.82) is 0 Å². The number of nitrogens with one attached hydrogen (secondary N) is 1. The van der Waals surface area contributed by atoms with Crippen molar-refractivity contribution in [2.24, 2.45) is 0 Å². The molecule has 1 aliphatic rings. The van der Waals surface area contributed by atoms with Crippen molar-refractivity contribution in [3.05, 3.63) is 23.9 Å². The quantitative estimate of drug-likeness (QED) is 0.896. The Morgan fingerprint density at radius 3 is 2.89 bits per heavy atom. The summed E-state index contributed by atoms with van der Waals surface area (Å²) in [5, 5.41) is 3.29. The number of aryl methyl sites for hydroxylation is 1. The molecule has 1 N–H and O–H groups in total. The number of nitrogens with zero attached hydrogens (tertiary/aromatic N) is 2. The van der Waals surface area contributed by atoms with E-state index >= 15 is 0 Å². The van der Waals surface area contributed by atoms with Gasteiger partial charge in [-0.2, -0.15) is 0 Å². The van der Waals surface area contributed by atoms with Crippen LogP contribution >= 0.6 is 0 Å². The molecule has 0 radical (unpaired) electrons. The Labute approximate surface area is 106 Å². The number of anilines is 1. The molecule has 1 saturated heterocycles. The Balaban J connectivity index is 1.84. The van der Waals surface area contributed by atoms with Crippen LogP contribution in [0.3, 0.4) is 0 Å². The smallest absolute Gasteiger partial charge is 0.257 e. The number of pyridine rings is 1. The van der Waals surface area contributed by atoms with Crippen molar-refractivity contribution in [3.8, 4) is 0 Å². The van der Waals surface area contributed by atoms with E-state index in [1.807, 2.05) is 19.1 Å². The minimum Gasteiger partial charge on any atom is -0.366 e. The van der Waals surface area contributed by atoms with Crippen molar-refractivity contribution < 1.29 is 8.78 Å². The van der Waals surface area contributed by atoms with Gasteiger partial charge in [-0.05, 0) is 25.0 Å². The van der Waals surface area contributed by atoms with E-state index in [4.69, 9.17) is 0 Å². The van der Waals surface area contributed by atoms with Gasteiger partial charge in [0.1, 0.15) is 5.82 Å². The lowest BCUT2D eigenvalue weighted by Crippen LogP contribution is -2.35.